The van der Waals surface area contributed by atoms with Crippen LogP contribution in [0.15, 0.2) is 0 Å². The molecule has 0 amide bonds. The van der Waals surface area contributed by atoms with Crippen LogP contribution in [0.3, 0.4) is 0 Å². The molecule has 2 rings (SSSR count). The Hall–Kier alpha value is -0.723. The van der Waals surface area contributed by atoms with E-state index in [1.807, 2.05) is 0 Å². The molecular formula is C12H23N3O2Si. The van der Waals surface area contributed by atoms with Crippen molar-refractivity contribution >= 4 is 8.32 Å². The summed E-state index contributed by atoms with van der Waals surface area (Å²) < 4.78 is 7.91. The topological polar surface area (TPSA) is 60.2 Å². The first kappa shape index (κ1) is 13.7. The van der Waals surface area contributed by atoms with Gasteiger partial charge in [-0.3, -0.25) is 0 Å². The highest BCUT2D eigenvalue weighted by Gasteiger charge is 2.38. The van der Waals surface area contributed by atoms with E-state index in [1.54, 1.807) is 4.68 Å². The number of aromatic nitrogens is 3. The Morgan fingerprint density at radius 2 is 2.11 bits per heavy atom. The summed E-state index contributed by atoms with van der Waals surface area (Å²) in [6.45, 7) is 12.3. The third-order valence-corrected chi connectivity index (χ3v) is 8.63. The van der Waals surface area contributed by atoms with Gasteiger partial charge in [-0.1, -0.05) is 26.0 Å². The van der Waals surface area contributed by atoms with Crippen molar-refractivity contribution < 1.29 is 9.53 Å². The Morgan fingerprint density at radius 3 is 2.72 bits per heavy atom. The monoisotopic (exact) mass is 269 g/mol. The van der Waals surface area contributed by atoms with Crippen molar-refractivity contribution in [1.82, 2.24) is 15.0 Å². The van der Waals surface area contributed by atoms with Gasteiger partial charge in [0.15, 0.2) is 8.32 Å². The van der Waals surface area contributed by atoms with Gasteiger partial charge < -0.3 is 9.53 Å². The van der Waals surface area contributed by atoms with Gasteiger partial charge in [0.05, 0.1) is 18.4 Å². The molecule has 0 aliphatic carbocycles. The van der Waals surface area contributed by atoms with Crippen LogP contribution in [0.25, 0.3) is 0 Å². The number of rotatable bonds is 3. The van der Waals surface area contributed by atoms with Crippen LogP contribution in [0.4, 0.5) is 0 Å². The molecule has 0 spiro atoms. The summed E-state index contributed by atoms with van der Waals surface area (Å²) in [5.41, 5.74) is 1.64. The highest BCUT2D eigenvalue weighted by Crippen LogP contribution is 2.37. The number of aliphatic hydroxyl groups is 1. The molecule has 0 radical (unpaired) electrons. The maximum Gasteiger partial charge on any atom is 0.192 e. The lowest BCUT2D eigenvalue weighted by atomic mass is 10.2. The van der Waals surface area contributed by atoms with Gasteiger partial charge in [-0.2, -0.15) is 0 Å². The first-order valence-electron chi connectivity index (χ1n) is 6.46. The highest BCUT2D eigenvalue weighted by atomic mass is 28.4. The SMILES string of the molecule is CC(C)(C)[Si](C)(C)OCc1nnn2c1C(O)CC2. The number of aliphatic hydroxyl groups excluding tert-OH is 1. The minimum atomic E-state index is -1.77. The number of aryl methyl sites for hydroxylation is 1. The molecule has 0 saturated carbocycles. The van der Waals surface area contributed by atoms with Crippen molar-refractivity contribution in [1.29, 1.82) is 0 Å². The molecular weight excluding hydrogens is 246 g/mol. The van der Waals surface area contributed by atoms with Crippen LogP contribution in [-0.2, 0) is 17.6 Å². The summed E-state index contributed by atoms with van der Waals surface area (Å²) in [6, 6.07) is 0. The predicted molar refractivity (Wildman–Crippen MR) is 71.6 cm³/mol. The Bertz CT molecular complexity index is 437. The molecule has 18 heavy (non-hydrogen) atoms. The molecule has 0 bridgehead atoms. The first-order valence-corrected chi connectivity index (χ1v) is 9.37. The molecule has 2 heterocycles. The highest BCUT2D eigenvalue weighted by molar-refractivity contribution is 6.74. The largest absolute Gasteiger partial charge is 0.411 e. The van der Waals surface area contributed by atoms with Gasteiger partial charge in [0, 0.05) is 6.54 Å². The molecule has 1 atom stereocenters. The lowest BCUT2D eigenvalue weighted by Crippen LogP contribution is -2.40. The van der Waals surface area contributed by atoms with Crippen LogP contribution in [-0.4, -0.2) is 28.4 Å². The molecule has 1 aliphatic heterocycles. The average molecular weight is 269 g/mol. The fourth-order valence-electron chi connectivity index (χ4n) is 1.84. The Kier molecular flexibility index (Phi) is 3.37. The van der Waals surface area contributed by atoms with Crippen LogP contribution >= 0.6 is 0 Å². The summed E-state index contributed by atoms with van der Waals surface area (Å²) in [5.74, 6) is 0. The van der Waals surface area contributed by atoms with Gasteiger partial charge in [0.1, 0.15) is 5.69 Å². The van der Waals surface area contributed by atoms with Crippen LogP contribution < -0.4 is 0 Å². The first-order chi connectivity index (χ1) is 8.22. The lowest BCUT2D eigenvalue weighted by molar-refractivity contribution is 0.175. The summed E-state index contributed by atoms with van der Waals surface area (Å²) in [7, 11) is -1.77. The zero-order valence-electron chi connectivity index (χ0n) is 11.9. The van der Waals surface area contributed by atoms with E-state index < -0.39 is 14.4 Å². The molecule has 1 aromatic heterocycles. The van der Waals surface area contributed by atoms with E-state index in [4.69, 9.17) is 4.43 Å². The van der Waals surface area contributed by atoms with Crippen LogP contribution in [0, 0.1) is 0 Å². The number of fused-ring (bicyclic) bond motifs is 1. The van der Waals surface area contributed by atoms with E-state index in [2.05, 4.69) is 44.2 Å². The Morgan fingerprint density at radius 1 is 1.44 bits per heavy atom. The minimum Gasteiger partial charge on any atom is -0.411 e. The van der Waals surface area contributed by atoms with Gasteiger partial charge in [-0.25, -0.2) is 4.68 Å². The average Bonchev–Trinajstić information content (AvgIpc) is 2.78. The smallest absolute Gasteiger partial charge is 0.192 e. The summed E-state index contributed by atoms with van der Waals surface area (Å²) >= 11 is 0. The molecule has 0 fully saturated rings. The van der Waals surface area contributed by atoms with Crippen molar-refractivity contribution in [3.8, 4) is 0 Å². The van der Waals surface area contributed by atoms with E-state index in [-0.39, 0.29) is 5.04 Å². The maximum absolute atomic E-state index is 9.90. The minimum absolute atomic E-state index is 0.182. The van der Waals surface area contributed by atoms with Gasteiger partial charge in [-0.05, 0) is 24.6 Å². The van der Waals surface area contributed by atoms with Crippen LogP contribution in [0.1, 0.15) is 44.7 Å². The van der Waals surface area contributed by atoms with Crippen molar-refractivity contribution in [3.63, 3.8) is 0 Å². The molecule has 1 unspecified atom stereocenters. The van der Waals surface area contributed by atoms with Gasteiger partial charge in [0.25, 0.3) is 0 Å². The quantitative estimate of drug-likeness (QED) is 0.855. The number of hydrogen-bond donors (Lipinski definition) is 1. The fourth-order valence-corrected chi connectivity index (χ4v) is 2.77. The Balaban J connectivity index is 2.08. The van der Waals surface area contributed by atoms with Gasteiger partial charge in [-0.15, -0.1) is 5.10 Å². The molecule has 0 saturated heterocycles. The second kappa shape index (κ2) is 4.43. The van der Waals surface area contributed by atoms with Crippen molar-refractivity contribution in [2.24, 2.45) is 0 Å². The molecule has 6 heteroatoms. The Labute approximate surface area is 109 Å². The molecule has 1 N–H and O–H groups in total. The molecule has 1 aliphatic rings. The standard InChI is InChI=1S/C12H23N3O2Si/c1-12(2,3)18(4,5)17-8-9-11-10(16)6-7-15(11)14-13-9/h10,16H,6-8H2,1-5H3. The molecule has 1 aromatic rings. The van der Waals surface area contributed by atoms with Crippen LogP contribution in [0.2, 0.25) is 18.1 Å². The second-order valence-electron chi connectivity index (χ2n) is 6.50. The summed E-state index contributed by atoms with van der Waals surface area (Å²) in [6.07, 6.45) is 0.302. The van der Waals surface area contributed by atoms with E-state index >= 15 is 0 Å². The van der Waals surface area contributed by atoms with Gasteiger partial charge in [0.2, 0.25) is 0 Å². The van der Waals surface area contributed by atoms with Crippen molar-refractivity contribution in [3.05, 3.63) is 11.4 Å². The lowest BCUT2D eigenvalue weighted by Gasteiger charge is -2.35. The fraction of sp³-hybridized carbons (Fsp3) is 0.833. The number of nitrogens with zero attached hydrogens (tertiary/aromatic N) is 3. The molecule has 5 nitrogen and oxygen atoms in total. The maximum atomic E-state index is 9.90. The number of hydrogen-bond acceptors (Lipinski definition) is 4. The zero-order valence-corrected chi connectivity index (χ0v) is 12.9. The van der Waals surface area contributed by atoms with E-state index in [9.17, 15) is 5.11 Å². The summed E-state index contributed by atoms with van der Waals surface area (Å²) in [4.78, 5) is 0. The van der Waals surface area contributed by atoms with E-state index in [1.165, 1.54) is 0 Å². The molecule has 0 aromatic carbocycles. The normalized spacial score (nSPS) is 20.2. The van der Waals surface area contributed by atoms with Crippen molar-refractivity contribution in [2.45, 2.75) is 64.6 Å². The second-order valence-corrected chi connectivity index (χ2v) is 11.3. The molecule has 102 valence electrons. The third-order valence-electron chi connectivity index (χ3n) is 4.15. The van der Waals surface area contributed by atoms with Gasteiger partial charge >= 0.3 is 0 Å². The van der Waals surface area contributed by atoms with E-state index in [0.29, 0.717) is 6.61 Å². The van der Waals surface area contributed by atoms with Crippen LogP contribution in [0.5, 0.6) is 0 Å². The van der Waals surface area contributed by atoms with E-state index in [0.717, 1.165) is 24.4 Å². The summed E-state index contributed by atoms with van der Waals surface area (Å²) in [5, 5.41) is 18.3. The predicted octanol–water partition coefficient (Wildman–Crippen LogP) is 2.24. The zero-order chi connectivity index (χ0) is 13.6. The van der Waals surface area contributed by atoms with Crippen molar-refractivity contribution in [2.75, 3.05) is 0 Å². The third kappa shape index (κ3) is 2.37.